The minimum absolute atomic E-state index is 0.475. The fourth-order valence-corrected chi connectivity index (χ4v) is 1.09. The van der Waals surface area contributed by atoms with Crippen molar-refractivity contribution in [1.29, 1.82) is 0 Å². The van der Waals surface area contributed by atoms with Crippen LogP contribution in [0.25, 0.3) is 5.82 Å². The lowest BCUT2D eigenvalue weighted by molar-refractivity contribution is 0.847. The molecule has 0 aliphatic carbocycles. The number of hydrogen-bond donors (Lipinski definition) is 0. The second kappa shape index (κ2) is 2.95. The maximum Gasteiger partial charge on any atom is 0.155 e. The van der Waals surface area contributed by atoms with Crippen LogP contribution < -0.4 is 0 Å². The molecular weight excluding hydrogens is 174 g/mol. The summed E-state index contributed by atoms with van der Waals surface area (Å²) < 4.78 is 1.66. The van der Waals surface area contributed by atoms with E-state index in [-0.39, 0.29) is 0 Å². The van der Waals surface area contributed by atoms with Crippen molar-refractivity contribution in [3.63, 3.8) is 0 Å². The molecule has 60 valence electrons. The zero-order valence-electron chi connectivity index (χ0n) is 6.18. The van der Waals surface area contributed by atoms with Crippen LogP contribution in [0.3, 0.4) is 0 Å². The predicted octanol–water partition coefficient (Wildman–Crippen LogP) is 1.92. The summed E-state index contributed by atoms with van der Waals surface area (Å²) in [6.07, 6.45) is 3.52. The third kappa shape index (κ3) is 1.31. The molecule has 0 amide bonds. The molecule has 0 unspecified atom stereocenters. The summed E-state index contributed by atoms with van der Waals surface area (Å²) in [7, 11) is 0. The van der Waals surface area contributed by atoms with E-state index in [0.717, 1.165) is 5.82 Å². The van der Waals surface area contributed by atoms with Crippen LogP contribution in [0.5, 0.6) is 0 Å². The standard InChI is InChI=1S/C8H6ClN3/c9-7-3-1-4-8(11-7)12-6-2-5-10-12/h1-6H. The van der Waals surface area contributed by atoms with Crippen molar-refractivity contribution in [2.75, 3.05) is 0 Å². The summed E-state index contributed by atoms with van der Waals surface area (Å²) in [6, 6.07) is 7.25. The van der Waals surface area contributed by atoms with Crippen LogP contribution in [0.1, 0.15) is 0 Å². The van der Waals surface area contributed by atoms with Gasteiger partial charge in [-0.3, -0.25) is 0 Å². The minimum Gasteiger partial charge on any atom is -0.223 e. The Morgan fingerprint density at radius 3 is 2.83 bits per heavy atom. The van der Waals surface area contributed by atoms with Crippen molar-refractivity contribution in [2.45, 2.75) is 0 Å². The van der Waals surface area contributed by atoms with E-state index < -0.39 is 0 Å². The molecule has 0 radical (unpaired) electrons. The van der Waals surface area contributed by atoms with E-state index in [1.807, 2.05) is 24.4 Å². The summed E-state index contributed by atoms with van der Waals surface area (Å²) in [4.78, 5) is 4.08. The van der Waals surface area contributed by atoms with E-state index in [4.69, 9.17) is 11.6 Å². The van der Waals surface area contributed by atoms with Gasteiger partial charge in [0.25, 0.3) is 0 Å². The molecule has 2 rings (SSSR count). The van der Waals surface area contributed by atoms with Gasteiger partial charge >= 0.3 is 0 Å². The van der Waals surface area contributed by atoms with Gasteiger partial charge in [0.05, 0.1) is 0 Å². The molecule has 0 saturated carbocycles. The first kappa shape index (κ1) is 7.31. The second-order valence-corrected chi connectivity index (χ2v) is 2.66. The van der Waals surface area contributed by atoms with Gasteiger partial charge < -0.3 is 0 Å². The molecule has 0 N–H and O–H groups in total. The lowest BCUT2D eigenvalue weighted by atomic mass is 10.5. The Morgan fingerprint density at radius 2 is 2.17 bits per heavy atom. The molecule has 0 bridgehead atoms. The van der Waals surface area contributed by atoms with Gasteiger partial charge in [-0.1, -0.05) is 17.7 Å². The first-order chi connectivity index (χ1) is 5.86. The maximum atomic E-state index is 5.71. The number of rotatable bonds is 1. The van der Waals surface area contributed by atoms with Crippen LogP contribution in [-0.4, -0.2) is 14.8 Å². The summed E-state index contributed by atoms with van der Waals surface area (Å²) in [5.41, 5.74) is 0. The average molecular weight is 180 g/mol. The highest BCUT2D eigenvalue weighted by Crippen LogP contribution is 2.07. The fraction of sp³-hybridized carbons (Fsp3) is 0. The third-order valence-electron chi connectivity index (χ3n) is 1.44. The molecule has 0 fully saturated rings. The zero-order chi connectivity index (χ0) is 8.39. The van der Waals surface area contributed by atoms with Crippen molar-refractivity contribution in [3.8, 4) is 5.82 Å². The topological polar surface area (TPSA) is 30.7 Å². The van der Waals surface area contributed by atoms with E-state index in [1.165, 1.54) is 0 Å². The highest BCUT2D eigenvalue weighted by atomic mass is 35.5. The monoisotopic (exact) mass is 179 g/mol. The number of halogens is 1. The Kier molecular flexibility index (Phi) is 1.80. The fourth-order valence-electron chi connectivity index (χ4n) is 0.929. The van der Waals surface area contributed by atoms with E-state index in [0.29, 0.717) is 5.15 Å². The van der Waals surface area contributed by atoms with Crippen molar-refractivity contribution >= 4 is 11.6 Å². The van der Waals surface area contributed by atoms with Crippen LogP contribution in [0.4, 0.5) is 0 Å². The van der Waals surface area contributed by atoms with Gasteiger partial charge in [0.2, 0.25) is 0 Å². The quantitative estimate of drug-likeness (QED) is 0.627. The number of pyridine rings is 1. The van der Waals surface area contributed by atoms with Gasteiger partial charge in [0, 0.05) is 12.4 Å². The Morgan fingerprint density at radius 1 is 1.25 bits per heavy atom. The molecule has 2 heterocycles. The van der Waals surface area contributed by atoms with Gasteiger partial charge in [0.15, 0.2) is 5.82 Å². The zero-order valence-corrected chi connectivity index (χ0v) is 6.94. The molecule has 2 aromatic rings. The molecule has 0 aromatic carbocycles. The van der Waals surface area contributed by atoms with Crippen LogP contribution in [0, 0.1) is 0 Å². The molecule has 0 spiro atoms. The van der Waals surface area contributed by atoms with E-state index >= 15 is 0 Å². The first-order valence-electron chi connectivity index (χ1n) is 3.49. The molecule has 12 heavy (non-hydrogen) atoms. The van der Waals surface area contributed by atoms with E-state index in [1.54, 1.807) is 16.9 Å². The highest BCUT2D eigenvalue weighted by molar-refractivity contribution is 6.29. The summed E-state index contributed by atoms with van der Waals surface area (Å²) in [6.45, 7) is 0. The van der Waals surface area contributed by atoms with Crippen molar-refractivity contribution < 1.29 is 0 Å². The first-order valence-corrected chi connectivity index (χ1v) is 3.86. The maximum absolute atomic E-state index is 5.71. The van der Waals surface area contributed by atoms with Crippen LogP contribution in [0.2, 0.25) is 5.15 Å². The van der Waals surface area contributed by atoms with Crippen molar-refractivity contribution in [2.24, 2.45) is 0 Å². The van der Waals surface area contributed by atoms with Gasteiger partial charge in [-0.05, 0) is 18.2 Å². The van der Waals surface area contributed by atoms with Crippen molar-refractivity contribution in [3.05, 3.63) is 41.8 Å². The summed E-state index contributed by atoms with van der Waals surface area (Å²) >= 11 is 5.71. The lowest BCUT2D eigenvalue weighted by Crippen LogP contribution is -1.96. The molecule has 0 atom stereocenters. The van der Waals surface area contributed by atoms with Gasteiger partial charge in [-0.2, -0.15) is 5.10 Å². The molecule has 0 aliphatic heterocycles. The molecule has 4 heteroatoms. The third-order valence-corrected chi connectivity index (χ3v) is 1.65. The normalized spacial score (nSPS) is 10.1. The molecule has 3 nitrogen and oxygen atoms in total. The number of hydrogen-bond acceptors (Lipinski definition) is 2. The summed E-state index contributed by atoms with van der Waals surface area (Å²) in [5, 5.41) is 4.50. The molecule has 0 saturated heterocycles. The number of nitrogens with zero attached hydrogens (tertiary/aromatic N) is 3. The second-order valence-electron chi connectivity index (χ2n) is 2.27. The van der Waals surface area contributed by atoms with Crippen LogP contribution in [0.15, 0.2) is 36.7 Å². The van der Waals surface area contributed by atoms with E-state index in [9.17, 15) is 0 Å². The Labute approximate surface area is 74.6 Å². The molecule has 2 aromatic heterocycles. The van der Waals surface area contributed by atoms with Crippen LogP contribution >= 0.6 is 11.6 Å². The predicted molar refractivity (Wildman–Crippen MR) is 46.4 cm³/mol. The van der Waals surface area contributed by atoms with Crippen molar-refractivity contribution in [1.82, 2.24) is 14.8 Å². The highest BCUT2D eigenvalue weighted by Gasteiger charge is 1.96. The molecular formula is C8H6ClN3. The van der Waals surface area contributed by atoms with Gasteiger partial charge in [-0.15, -0.1) is 0 Å². The Balaban J connectivity index is 2.48. The number of aromatic nitrogens is 3. The van der Waals surface area contributed by atoms with Crippen LogP contribution in [-0.2, 0) is 0 Å². The van der Waals surface area contributed by atoms with E-state index in [2.05, 4.69) is 10.1 Å². The van der Waals surface area contributed by atoms with Gasteiger partial charge in [-0.25, -0.2) is 9.67 Å². The molecule has 0 aliphatic rings. The summed E-state index contributed by atoms with van der Waals surface area (Å²) in [5.74, 6) is 0.729. The lowest BCUT2D eigenvalue weighted by Gasteiger charge is -1.98. The van der Waals surface area contributed by atoms with Gasteiger partial charge in [0.1, 0.15) is 5.15 Å². The smallest absolute Gasteiger partial charge is 0.155 e. The average Bonchev–Trinajstić information content (AvgIpc) is 2.56. The minimum atomic E-state index is 0.475. The largest absolute Gasteiger partial charge is 0.223 e. The SMILES string of the molecule is Clc1cccc(-n2cccn2)n1. The Bertz CT molecular complexity index is 370. The Hall–Kier alpha value is -1.35.